The SMILES string of the molecule is COC(=O)c1csc(NC(=O)[C@H](Cc2ccccc2OC)n2c(O)c(-c3ccc(OC)c(F)c3)[nH]c2=O)n1. The van der Waals surface area contributed by atoms with Gasteiger partial charge in [-0.15, -0.1) is 11.3 Å². The molecule has 2 aromatic carbocycles. The first-order chi connectivity index (χ1) is 18.3. The van der Waals surface area contributed by atoms with Crippen LogP contribution < -0.4 is 20.5 Å². The summed E-state index contributed by atoms with van der Waals surface area (Å²) in [7, 11) is 3.98. The lowest BCUT2D eigenvalue weighted by molar-refractivity contribution is -0.119. The van der Waals surface area contributed by atoms with Gasteiger partial charge in [-0.3, -0.25) is 4.79 Å². The van der Waals surface area contributed by atoms with Crippen molar-refractivity contribution in [3.05, 3.63) is 75.4 Å². The summed E-state index contributed by atoms with van der Waals surface area (Å²) in [4.78, 5) is 44.8. The molecule has 0 unspecified atom stereocenters. The van der Waals surface area contributed by atoms with Crippen LogP contribution in [0.15, 0.2) is 52.6 Å². The van der Waals surface area contributed by atoms with Crippen LogP contribution in [0.1, 0.15) is 22.1 Å². The van der Waals surface area contributed by atoms with Gasteiger partial charge in [0.05, 0.1) is 21.3 Å². The number of ether oxygens (including phenoxy) is 3. The van der Waals surface area contributed by atoms with E-state index in [0.29, 0.717) is 11.3 Å². The number of nitrogens with one attached hydrogen (secondary N) is 2. The Morgan fingerprint density at radius 1 is 1.16 bits per heavy atom. The topological polar surface area (TPSA) is 145 Å². The van der Waals surface area contributed by atoms with E-state index in [1.54, 1.807) is 24.3 Å². The number of imidazole rings is 1. The number of halogens is 1. The Labute approximate surface area is 219 Å². The van der Waals surface area contributed by atoms with E-state index in [-0.39, 0.29) is 34.3 Å². The van der Waals surface area contributed by atoms with Crippen LogP contribution in [-0.2, 0) is 16.0 Å². The summed E-state index contributed by atoms with van der Waals surface area (Å²) in [6, 6.07) is 9.49. The number of para-hydroxylation sites is 1. The number of esters is 1. The van der Waals surface area contributed by atoms with E-state index >= 15 is 0 Å². The lowest BCUT2D eigenvalue weighted by Gasteiger charge is -2.19. The maximum absolute atomic E-state index is 14.3. The first-order valence-corrected chi connectivity index (χ1v) is 12.0. The zero-order valence-corrected chi connectivity index (χ0v) is 21.3. The quantitative estimate of drug-likeness (QED) is 0.273. The number of benzene rings is 2. The number of hydrogen-bond acceptors (Lipinski definition) is 9. The molecule has 0 aliphatic rings. The molecule has 0 aliphatic carbocycles. The molecule has 0 aliphatic heterocycles. The van der Waals surface area contributed by atoms with Crippen LogP contribution in [0.5, 0.6) is 17.4 Å². The zero-order valence-electron chi connectivity index (χ0n) is 20.5. The van der Waals surface area contributed by atoms with Crippen LogP contribution in [0.25, 0.3) is 11.3 Å². The first kappa shape index (κ1) is 26.4. The maximum Gasteiger partial charge on any atom is 0.357 e. The Morgan fingerprint density at radius 3 is 2.58 bits per heavy atom. The van der Waals surface area contributed by atoms with Crippen molar-refractivity contribution in [3.8, 4) is 28.6 Å². The number of thiazole rings is 1. The number of H-pyrrole nitrogens is 1. The molecule has 2 aromatic heterocycles. The standard InChI is InChI=1S/C25H23FN4O7S/c1-35-18-7-5-4-6-13(18)11-17(21(31)29-24-27-16(12-38-24)23(33)37-3)30-22(32)20(28-25(30)34)14-8-9-19(36-2)15(26)10-14/h4-10,12,17,32H,11H2,1-3H3,(H,28,34)(H,27,29,31)/t17-/m0/s1. The van der Waals surface area contributed by atoms with Gasteiger partial charge >= 0.3 is 11.7 Å². The van der Waals surface area contributed by atoms with Crippen LogP contribution in [-0.4, -0.2) is 52.8 Å². The van der Waals surface area contributed by atoms with Gasteiger partial charge in [0.2, 0.25) is 11.8 Å². The molecular weight excluding hydrogens is 519 g/mol. The van der Waals surface area contributed by atoms with E-state index < -0.39 is 35.3 Å². The normalized spacial score (nSPS) is 11.6. The Bertz CT molecular complexity index is 1540. The summed E-state index contributed by atoms with van der Waals surface area (Å²) in [6.07, 6.45) is -0.0627. The van der Waals surface area contributed by atoms with Crippen LogP contribution >= 0.6 is 11.3 Å². The summed E-state index contributed by atoms with van der Waals surface area (Å²) in [6.45, 7) is 0. The van der Waals surface area contributed by atoms with E-state index in [1.807, 2.05) is 0 Å². The van der Waals surface area contributed by atoms with Crippen molar-refractivity contribution in [2.45, 2.75) is 12.5 Å². The van der Waals surface area contributed by atoms with Gasteiger partial charge in [0, 0.05) is 17.4 Å². The smallest absolute Gasteiger partial charge is 0.357 e. The van der Waals surface area contributed by atoms with Crippen LogP contribution in [0.4, 0.5) is 9.52 Å². The van der Waals surface area contributed by atoms with E-state index in [0.717, 1.165) is 22.0 Å². The molecule has 0 saturated carbocycles. The third-order valence-electron chi connectivity index (χ3n) is 5.69. The Kier molecular flexibility index (Phi) is 7.76. The van der Waals surface area contributed by atoms with Crippen LogP contribution in [0.2, 0.25) is 0 Å². The molecule has 4 rings (SSSR count). The molecule has 198 valence electrons. The second-order valence-corrected chi connectivity index (χ2v) is 8.76. The molecule has 38 heavy (non-hydrogen) atoms. The van der Waals surface area contributed by atoms with Gasteiger partial charge in [0.15, 0.2) is 22.4 Å². The highest BCUT2D eigenvalue weighted by atomic mass is 32.1. The average molecular weight is 543 g/mol. The van der Waals surface area contributed by atoms with Crippen molar-refractivity contribution in [1.29, 1.82) is 0 Å². The second-order valence-electron chi connectivity index (χ2n) is 7.90. The third-order valence-corrected chi connectivity index (χ3v) is 6.45. The molecular formula is C25H23FN4O7S. The first-order valence-electron chi connectivity index (χ1n) is 11.1. The third kappa shape index (κ3) is 5.22. The number of anilines is 1. The lowest BCUT2D eigenvalue weighted by Crippen LogP contribution is -2.33. The summed E-state index contributed by atoms with van der Waals surface area (Å²) < 4.78 is 30.2. The number of hydrogen-bond donors (Lipinski definition) is 3. The number of rotatable bonds is 9. The van der Waals surface area contributed by atoms with Gasteiger partial charge in [-0.05, 0) is 29.8 Å². The molecule has 0 saturated heterocycles. The van der Waals surface area contributed by atoms with Crippen molar-refractivity contribution < 1.29 is 33.3 Å². The fraction of sp³-hybridized carbons (Fsp3) is 0.200. The van der Waals surface area contributed by atoms with E-state index in [1.165, 1.54) is 38.8 Å². The number of carbonyl (C=O) groups excluding carboxylic acids is 2. The van der Waals surface area contributed by atoms with Crippen molar-refractivity contribution in [3.63, 3.8) is 0 Å². The average Bonchev–Trinajstić information content (AvgIpc) is 3.50. The number of aromatic nitrogens is 3. The molecule has 11 nitrogen and oxygen atoms in total. The molecule has 1 atom stereocenters. The summed E-state index contributed by atoms with van der Waals surface area (Å²) in [5, 5.41) is 15.1. The van der Waals surface area contributed by atoms with E-state index in [2.05, 4.69) is 20.0 Å². The minimum absolute atomic E-state index is 0.000411. The monoisotopic (exact) mass is 542 g/mol. The zero-order chi connectivity index (χ0) is 27.4. The summed E-state index contributed by atoms with van der Waals surface area (Å²) in [5.74, 6) is -2.21. The highest BCUT2D eigenvalue weighted by Gasteiger charge is 2.30. The predicted octanol–water partition coefficient (Wildman–Crippen LogP) is 3.37. The minimum Gasteiger partial charge on any atom is -0.496 e. The lowest BCUT2D eigenvalue weighted by atomic mass is 10.0. The Balaban J connectivity index is 1.76. The van der Waals surface area contributed by atoms with Gasteiger partial charge in [-0.2, -0.15) is 0 Å². The fourth-order valence-corrected chi connectivity index (χ4v) is 4.53. The van der Waals surface area contributed by atoms with Crippen molar-refractivity contribution >= 4 is 28.3 Å². The largest absolute Gasteiger partial charge is 0.496 e. The highest BCUT2D eigenvalue weighted by Crippen LogP contribution is 2.33. The number of carbonyl (C=O) groups is 2. The Morgan fingerprint density at radius 2 is 1.89 bits per heavy atom. The number of aromatic hydroxyl groups is 1. The minimum atomic E-state index is -1.29. The molecule has 0 spiro atoms. The predicted molar refractivity (Wildman–Crippen MR) is 136 cm³/mol. The molecule has 0 bridgehead atoms. The van der Waals surface area contributed by atoms with Gasteiger partial charge in [-0.1, -0.05) is 18.2 Å². The fourth-order valence-electron chi connectivity index (χ4n) is 3.85. The number of amides is 1. The number of nitrogens with zero attached hydrogens (tertiary/aromatic N) is 2. The number of methoxy groups -OCH3 is 3. The maximum atomic E-state index is 14.3. The van der Waals surface area contributed by atoms with Crippen molar-refractivity contribution in [2.24, 2.45) is 0 Å². The van der Waals surface area contributed by atoms with Crippen LogP contribution in [0, 0.1) is 5.82 Å². The molecule has 0 fully saturated rings. The van der Waals surface area contributed by atoms with Crippen molar-refractivity contribution in [2.75, 3.05) is 26.6 Å². The highest BCUT2D eigenvalue weighted by molar-refractivity contribution is 7.14. The molecule has 2 heterocycles. The van der Waals surface area contributed by atoms with E-state index in [4.69, 9.17) is 9.47 Å². The van der Waals surface area contributed by atoms with Crippen LogP contribution in [0.3, 0.4) is 0 Å². The van der Waals surface area contributed by atoms with E-state index in [9.17, 15) is 23.9 Å². The molecule has 3 N–H and O–H groups in total. The van der Waals surface area contributed by atoms with Gasteiger partial charge in [-0.25, -0.2) is 23.5 Å². The molecule has 13 heteroatoms. The molecule has 1 amide bonds. The summed E-state index contributed by atoms with van der Waals surface area (Å²) in [5.41, 5.74) is -0.154. The molecule has 4 aromatic rings. The van der Waals surface area contributed by atoms with Gasteiger partial charge in [0.1, 0.15) is 17.5 Å². The number of aromatic amines is 1. The van der Waals surface area contributed by atoms with Crippen molar-refractivity contribution in [1.82, 2.24) is 14.5 Å². The Hall–Kier alpha value is -4.65. The second kappa shape index (κ2) is 11.2. The summed E-state index contributed by atoms with van der Waals surface area (Å²) >= 11 is 0.984. The van der Waals surface area contributed by atoms with Gasteiger partial charge < -0.3 is 29.6 Å². The molecule has 0 radical (unpaired) electrons. The van der Waals surface area contributed by atoms with Gasteiger partial charge in [0.25, 0.3) is 0 Å².